The molecule has 0 aromatic carbocycles. The molecule has 0 bridgehead atoms. The molecule has 24 heavy (non-hydrogen) atoms. The van der Waals surface area contributed by atoms with E-state index in [4.69, 9.17) is 14.9 Å². The number of nitrogens with one attached hydrogen (secondary N) is 3. The summed E-state index contributed by atoms with van der Waals surface area (Å²) in [4.78, 5) is 2.03. The van der Waals surface area contributed by atoms with Crippen molar-refractivity contribution in [2.45, 2.75) is 26.4 Å². The first-order valence-corrected chi connectivity index (χ1v) is 8.22. The van der Waals surface area contributed by atoms with Gasteiger partial charge in [0.05, 0.1) is 6.54 Å². The van der Waals surface area contributed by atoms with Gasteiger partial charge >= 0.3 is 0 Å². The van der Waals surface area contributed by atoms with Crippen molar-refractivity contribution in [3.8, 4) is 12.1 Å². The minimum atomic E-state index is 0.141. The van der Waals surface area contributed by atoms with Gasteiger partial charge in [-0.2, -0.15) is 10.5 Å². The molecule has 0 radical (unpaired) electrons. The Morgan fingerprint density at radius 3 is 2.83 bits per heavy atom. The van der Waals surface area contributed by atoms with Gasteiger partial charge in [0.2, 0.25) is 0 Å². The number of allylic oxidation sites excluding steroid dienone is 1. The molecule has 2 rings (SSSR count). The molecule has 7 nitrogen and oxygen atoms in total. The molecular formula is C17H24N6O. The molecule has 0 amide bonds. The van der Waals surface area contributed by atoms with E-state index < -0.39 is 0 Å². The third-order valence-electron chi connectivity index (χ3n) is 3.96. The van der Waals surface area contributed by atoms with Crippen molar-refractivity contribution >= 4 is 0 Å². The van der Waals surface area contributed by atoms with Crippen LogP contribution < -0.4 is 16.0 Å². The summed E-state index contributed by atoms with van der Waals surface area (Å²) in [5.41, 5.74) is 1.32. The Labute approximate surface area is 142 Å². The fourth-order valence-corrected chi connectivity index (χ4v) is 2.74. The molecule has 1 aliphatic heterocycles. The maximum atomic E-state index is 9.00. The van der Waals surface area contributed by atoms with Crippen molar-refractivity contribution in [2.75, 3.05) is 33.2 Å². The highest BCUT2D eigenvalue weighted by atomic mass is 16.3. The molecular weight excluding hydrogens is 304 g/mol. The molecule has 1 fully saturated rings. The van der Waals surface area contributed by atoms with E-state index in [-0.39, 0.29) is 5.57 Å². The van der Waals surface area contributed by atoms with Gasteiger partial charge < -0.3 is 25.3 Å². The zero-order valence-corrected chi connectivity index (χ0v) is 14.3. The van der Waals surface area contributed by atoms with Crippen LogP contribution in [0.3, 0.4) is 0 Å². The van der Waals surface area contributed by atoms with Crippen LogP contribution in [0.1, 0.15) is 24.0 Å². The summed E-state index contributed by atoms with van der Waals surface area (Å²) in [7, 11) is 1.92. The van der Waals surface area contributed by atoms with Crippen LogP contribution in [0.4, 0.5) is 0 Å². The second kappa shape index (κ2) is 8.97. The first-order chi connectivity index (χ1) is 11.7. The number of rotatable bonds is 8. The van der Waals surface area contributed by atoms with E-state index in [0.29, 0.717) is 12.4 Å². The summed E-state index contributed by atoms with van der Waals surface area (Å²) in [6.07, 6.45) is 0.884. The lowest BCUT2D eigenvalue weighted by atomic mass is 10.2. The monoisotopic (exact) mass is 328 g/mol. The summed E-state index contributed by atoms with van der Waals surface area (Å²) in [5, 5.41) is 27.6. The zero-order chi connectivity index (χ0) is 17.4. The Balaban J connectivity index is 1.87. The topological polar surface area (TPSA) is 100 Å². The first-order valence-electron chi connectivity index (χ1n) is 8.22. The van der Waals surface area contributed by atoms with E-state index in [1.165, 1.54) is 5.56 Å². The molecule has 128 valence electrons. The maximum Gasteiger partial charge on any atom is 0.169 e. The van der Waals surface area contributed by atoms with Gasteiger partial charge in [-0.1, -0.05) is 6.92 Å². The molecule has 2 heterocycles. The molecule has 1 saturated heterocycles. The summed E-state index contributed by atoms with van der Waals surface area (Å²) >= 11 is 0. The standard InChI is InChI=1S/C17H24N6O/c1-3-15-8-13(11-20-2)16(24-15)12-21-4-6-23-7-5-22-17(23)14(9-18)10-19/h8,20-22H,3-7,11-12H2,1-2H3. The van der Waals surface area contributed by atoms with E-state index in [1.807, 2.05) is 24.1 Å². The van der Waals surface area contributed by atoms with Gasteiger partial charge in [-0.15, -0.1) is 0 Å². The quantitative estimate of drug-likeness (QED) is 0.480. The molecule has 1 aromatic rings. The van der Waals surface area contributed by atoms with E-state index in [2.05, 4.69) is 28.9 Å². The minimum absolute atomic E-state index is 0.141. The lowest BCUT2D eigenvalue weighted by Gasteiger charge is -2.18. The molecule has 3 N–H and O–H groups in total. The average molecular weight is 328 g/mol. The highest BCUT2D eigenvalue weighted by Gasteiger charge is 2.20. The largest absolute Gasteiger partial charge is 0.464 e. The number of aryl methyl sites for hydroxylation is 1. The predicted molar refractivity (Wildman–Crippen MR) is 90.4 cm³/mol. The Bertz CT molecular complexity index is 648. The van der Waals surface area contributed by atoms with Crippen molar-refractivity contribution in [1.29, 1.82) is 10.5 Å². The molecule has 0 unspecified atom stereocenters. The summed E-state index contributed by atoms with van der Waals surface area (Å²) in [5.74, 6) is 2.61. The lowest BCUT2D eigenvalue weighted by molar-refractivity contribution is 0.377. The zero-order valence-electron chi connectivity index (χ0n) is 14.3. The van der Waals surface area contributed by atoms with Crippen molar-refractivity contribution in [1.82, 2.24) is 20.9 Å². The average Bonchev–Trinajstić information content (AvgIpc) is 3.20. The number of nitriles is 2. The van der Waals surface area contributed by atoms with Gasteiger partial charge in [0.15, 0.2) is 5.57 Å². The second-order valence-corrected chi connectivity index (χ2v) is 5.58. The summed E-state index contributed by atoms with van der Waals surface area (Å²) in [6, 6.07) is 5.99. The SMILES string of the molecule is CCc1cc(CNC)c(CNCCN2CCNC2=C(C#N)C#N)o1. The van der Waals surface area contributed by atoms with Crippen LogP contribution in [-0.4, -0.2) is 38.1 Å². The van der Waals surface area contributed by atoms with Crippen LogP contribution in [-0.2, 0) is 19.5 Å². The maximum absolute atomic E-state index is 9.00. The van der Waals surface area contributed by atoms with Crippen LogP contribution in [0.25, 0.3) is 0 Å². The number of furan rings is 1. The minimum Gasteiger partial charge on any atom is -0.464 e. The van der Waals surface area contributed by atoms with Gasteiger partial charge in [0.25, 0.3) is 0 Å². The van der Waals surface area contributed by atoms with E-state index >= 15 is 0 Å². The Morgan fingerprint density at radius 2 is 2.17 bits per heavy atom. The molecule has 0 spiro atoms. The van der Waals surface area contributed by atoms with Gasteiger partial charge in [0, 0.05) is 44.7 Å². The highest BCUT2D eigenvalue weighted by molar-refractivity contribution is 5.39. The third-order valence-corrected chi connectivity index (χ3v) is 3.96. The number of nitrogens with zero attached hydrogens (tertiary/aromatic N) is 3. The van der Waals surface area contributed by atoms with Crippen LogP contribution in [0, 0.1) is 22.7 Å². The van der Waals surface area contributed by atoms with Gasteiger partial charge in [-0.05, 0) is 13.1 Å². The van der Waals surface area contributed by atoms with Crippen LogP contribution in [0.2, 0.25) is 0 Å². The lowest BCUT2D eigenvalue weighted by Crippen LogP contribution is -2.30. The van der Waals surface area contributed by atoms with Crippen LogP contribution in [0.15, 0.2) is 21.9 Å². The Hall–Kier alpha value is -2.48. The Kier molecular flexibility index (Phi) is 6.68. The Morgan fingerprint density at radius 1 is 1.38 bits per heavy atom. The van der Waals surface area contributed by atoms with Crippen LogP contribution >= 0.6 is 0 Å². The molecule has 0 saturated carbocycles. The molecule has 0 atom stereocenters. The van der Waals surface area contributed by atoms with E-state index in [1.54, 1.807) is 0 Å². The third kappa shape index (κ3) is 4.29. The van der Waals surface area contributed by atoms with Crippen molar-refractivity contribution in [3.63, 3.8) is 0 Å². The van der Waals surface area contributed by atoms with E-state index in [9.17, 15) is 0 Å². The van der Waals surface area contributed by atoms with Crippen molar-refractivity contribution < 1.29 is 4.42 Å². The first kappa shape index (κ1) is 17.9. The molecule has 1 aromatic heterocycles. The van der Waals surface area contributed by atoms with E-state index in [0.717, 1.165) is 50.7 Å². The van der Waals surface area contributed by atoms with Crippen LogP contribution in [0.5, 0.6) is 0 Å². The number of hydrogen-bond acceptors (Lipinski definition) is 7. The van der Waals surface area contributed by atoms with Gasteiger partial charge in [-0.3, -0.25) is 0 Å². The fourth-order valence-electron chi connectivity index (χ4n) is 2.74. The second-order valence-electron chi connectivity index (χ2n) is 5.58. The number of hydrogen-bond donors (Lipinski definition) is 3. The van der Waals surface area contributed by atoms with Crippen molar-refractivity contribution in [3.05, 3.63) is 34.5 Å². The highest BCUT2D eigenvalue weighted by Crippen LogP contribution is 2.16. The fraction of sp³-hybridized carbons (Fsp3) is 0.529. The molecule has 1 aliphatic rings. The smallest absolute Gasteiger partial charge is 0.169 e. The summed E-state index contributed by atoms with van der Waals surface area (Å²) < 4.78 is 5.86. The van der Waals surface area contributed by atoms with Gasteiger partial charge in [-0.25, -0.2) is 0 Å². The normalized spacial score (nSPS) is 13.5. The van der Waals surface area contributed by atoms with Gasteiger partial charge in [0.1, 0.15) is 29.5 Å². The summed E-state index contributed by atoms with van der Waals surface area (Å²) in [6.45, 7) is 6.57. The predicted octanol–water partition coefficient (Wildman–Crippen LogP) is 0.815. The van der Waals surface area contributed by atoms with Crippen molar-refractivity contribution in [2.24, 2.45) is 0 Å². The molecule has 7 heteroatoms. The molecule has 0 aliphatic carbocycles.